The van der Waals surface area contributed by atoms with E-state index < -0.39 is 0 Å². The summed E-state index contributed by atoms with van der Waals surface area (Å²) in [5.74, 6) is -0.0362. The number of benzene rings is 1. The van der Waals surface area contributed by atoms with Crippen molar-refractivity contribution < 1.29 is 9.53 Å². The molecule has 0 unspecified atom stereocenters. The minimum Gasteiger partial charge on any atom is -0.397 e. The second-order valence-electron chi connectivity index (χ2n) is 5.52. The quantitative estimate of drug-likeness (QED) is 0.607. The summed E-state index contributed by atoms with van der Waals surface area (Å²) in [6, 6.07) is 9.47. The van der Waals surface area contributed by atoms with Crippen molar-refractivity contribution in [2.24, 2.45) is 0 Å². The number of anilines is 1. The van der Waals surface area contributed by atoms with Gasteiger partial charge in [0, 0.05) is 18.5 Å². The van der Waals surface area contributed by atoms with Crippen LogP contribution in [0, 0.1) is 0 Å². The second-order valence-corrected chi connectivity index (χ2v) is 5.52. The molecule has 0 atom stereocenters. The Labute approximate surface area is 130 Å². The fourth-order valence-corrected chi connectivity index (χ4v) is 2.15. The Hall–Kier alpha value is -2.14. The molecular weight excluding hydrogens is 278 g/mol. The molecule has 0 spiro atoms. The van der Waals surface area contributed by atoms with Crippen molar-refractivity contribution in [3.63, 3.8) is 0 Å². The molecule has 0 radical (unpaired) electrons. The molecule has 0 bridgehead atoms. The molecule has 1 aromatic carbocycles. The molecule has 3 N–H and O–H groups in total. The van der Waals surface area contributed by atoms with Gasteiger partial charge in [-0.15, -0.1) is 0 Å². The van der Waals surface area contributed by atoms with E-state index in [1.807, 2.05) is 44.2 Å². The van der Waals surface area contributed by atoms with Crippen molar-refractivity contribution in [3.8, 4) is 0 Å². The smallest absolute Gasteiger partial charge is 0.226 e. The summed E-state index contributed by atoms with van der Waals surface area (Å²) in [5.41, 5.74) is 8.02. The number of ether oxygens (including phenoxy) is 1. The number of hydrogen-bond donors (Lipinski definition) is 2. The van der Waals surface area contributed by atoms with Crippen LogP contribution in [0.4, 0.5) is 5.69 Å². The molecule has 0 saturated heterocycles. The van der Waals surface area contributed by atoms with E-state index in [9.17, 15) is 4.79 Å². The first kappa shape index (κ1) is 16.2. The van der Waals surface area contributed by atoms with Gasteiger partial charge in [-0.25, -0.2) is 0 Å². The average Bonchev–Trinajstić information content (AvgIpc) is 2.47. The van der Waals surface area contributed by atoms with Crippen LogP contribution in [0.1, 0.15) is 26.0 Å². The number of carbonyl (C=O) groups excluding carboxylic acids is 1. The Balaban J connectivity index is 1.85. The largest absolute Gasteiger partial charge is 0.397 e. The van der Waals surface area contributed by atoms with Crippen LogP contribution in [-0.4, -0.2) is 30.1 Å². The molecule has 0 aliphatic rings. The van der Waals surface area contributed by atoms with E-state index in [1.54, 1.807) is 0 Å². The van der Waals surface area contributed by atoms with Crippen LogP contribution in [0.15, 0.2) is 30.3 Å². The minimum atomic E-state index is -0.0362. The van der Waals surface area contributed by atoms with Gasteiger partial charge >= 0.3 is 0 Å². The van der Waals surface area contributed by atoms with Crippen LogP contribution in [0.3, 0.4) is 0 Å². The number of nitrogens with zero attached hydrogens (tertiary/aromatic N) is 1. The van der Waals surface area contributed by atoms with E-state index in [0.717, 1.165) is 23.0 Å². The van der Waals surface area contributed by atoms with Gasteiger partial charge in [0.05, 0.1) is 29.4 Å². The van der Waals surface area contributed by atoms with E-state index in [0.29, 0.717) is 18.8 Å². The number of amides is 1. The Morgan fingerprint density at radius 1 is 1.32 bits per heavy atom. The van der Waals surface area contributed by atoms with Crippen LogP contribution in [0.5, 0.6) is 0 Å². The predicted molar refractivity (Wildman–Crippen MR) is 88.6 cm³/mol. The Kier molecular flexibility index (Phi) is 5.72. The standard InChI is InChI=1S/C17H23N3O2/c1-12(2)22-10-4-9-19-16(21)11-14-8-7-13-5-3-6-15(18)17(13)20-14/h3,5-8,12H,4,9-11,18H2,1-2H3,(H,19,21). The maximum absolute atomic E-state index is 11.9. The van der Waals surface area contributed by atoms with Crippen molar-refractivity contribution >= 4 is 22.5 Å². The number of nitrogens with two attached hydrogens (primary N) is 1. The average molecular weight is 301 g/mol. The number of nitrogen functional groups attached to an aromatic ring is 1. The fraction of sp³-hybridized carbons (Fsp3) is 0.412. The van der Waals surface area contributed by atoms with Crippen LogP contribution in [-0.2, 0) is 16.0 Å². The molecule has 0 saturated carbocycles. The number of hydrogen-bond acceptors (Lipinski definition) is 4. The van der Waals surface area contributed by atoms with E-state index in [4.69, 9.17) is 10.5 Å². The highest BCUT2D eigenvalue weighted by Crippen LogP contribution is 2.18. The lowest BCUT2D eigenvalue weighted by atomic mass is 10.1. The third kappa shape index (κ3) is 4.70. The first-order chi connectivity index (χ1) is 10.6. The maximum atomic E-state index is 11.9. The molecule has 2 aromatic rings. The van der Waals surface area contributed by atoms with Crippen molar-refractivity contribution in [3.05, 3.63) is 36.0 Å². The van der Waals surface area contributed by atoms with Crippen LogP contribution in [0.25, 0.3) is 10.9 Å². The van der Waals surface area contributed by atoms with Gasteiger partial charge in [-0.05, 0) is 32.4 Å². The van der Waals surface area contributed by atoms with Crippen molar-refractivity contribution in [2.75, 3.05) is 18.9 Å². The topological polar surface area (TPSA) is 77.2 Å². The van der Waals surface area contributed by atoms with Gasteiger partial charge in [-0.3, -0.25) is 9.78 Å². The lowest BCUT2D eigenvalue weighted by Crippen LogP contribution is -2.27. The zero-order valence-corrected chi connectivity index (χ0v) is 13.1. The summed E-state index contributed by atoms with van der Waals surface area (Å²) in [4.78, 5) is 16.4. The number of para-hydroxylation sites is 1. The van der Waals surface area contributed by atoms with Crippen molar-refractivity contribution in [2.45, 2.75) is 32.8 Å². The summed E-state index contributed by atoms with van der Waals surface area (Å²) in [7, 11) is 0. The minimum absolute atomic E-state index is 0.0362. The van der Waals surface area contributed by atoms with E-state index in [1.165, 1.54) is 0 Å². The number of rotatable bonds is 7. The van der Waals surface area contributed by atoms with Crippen LogP contribution >= 0.6 is 0 Å². The SMILES string of the molecule is CC(C)OCCCNC(=O)Cc1ccc2cccc(N)c2n1. The van der Waals surface area contributed by atoms with Gasteiger partial charge in [-0.2, -0.15) is 0 Å². The zero-order valence-electron chi connectivity index (χ0n) is 13.1. The first-order valence-electron chi connectivity index (χ1n) is 7.58. The van der Waals surface area contributed by atoms with Crippen LogP contribution in [0.2, 0.25) is 0 Å². The monoisotopic (exact) mass is 301 g/mol. The summed E-state index contributed by atoms with van der Waals surface area (Å²) in [6.07, 6.45) is 1.29. The highest BCUT2D eigenvalue weighted by molar-refractivity contribution is 5.89. The Morgan fingerprint density at radius 3 is 2.91 bits per heavy atom. The summed E-state index contributed by atoms with van der Waals surface area (Å²) in [5, 5.41) is 3.86. The highest BCUT2D eigenvalue weighted by atomic mass is 16.5. The van der Waals surface area contributed by atoms with Crippen LogP contribution < -0.4 is 11.1 Å². The summed E-state index contributed by atoms with van der Waals surface area (Å²) >= 11 is 0. The molecule has 0 aliphatic carbocycles. The van der Waals surface area contributed by atoms with Gasteiger partial charge < -0.3 is 15.8 Å². The van der Waals surface area contributed by atoms with Gasteiger partial charge in [-0.1, -0.05) is 18.2 Å². The third-order valence-electron chi connectivity index (χ3n) is 3.25. The number of aromatic nitrogens is 1. The molecule has 2 rings (SSSR count). The molecule has 1 aromatic heterocycles. The zero-order chi connectivity index (χ0) is 15.9. The summed E-state index contributed by atoms with van der Waals surface area (Å²) < 4.78 is 5.43. The highest BCUT2D eigenvalue weighted by Gasteiger charge is 2.06. The number of fused-ring (bicyclic) bond motifs is 1. The normalized spacial score (nSPS) is 11.0. The second kappa shape index (κ2) is 7.75. The van der Waals surface area contributed by atoms with Gasteiger partial charge in [0.2, 0.25) is 5.91 Å². The first-order valence-corrected chi connectivity index (χ1v) is 7.58. The molecule has 1 heterocycles. The van der Waals surface area contributed by atoms with Crippen molar-refractivity contribution in [1.29, 1.82) is 0 Å². The number of nitrogens with one attached hydrogen (secondary N) is 1. The third-order valence-corrected chi connectivity index (χ3v) is 3.25. The maximum Gasteiger partial charge on any atom is 0.226 e. The molecule has 0 fully saturated rings. The molecule has 118 valence electrons. The number of carbonyl (C=O) groups is 1. The predicted octanol–water partition coefficient (Wildman–Crippen LogP) is 2.29. The van der Waals surface area contributed by atoms with E-state index in [2.05, 4.69) is 10.3 Å². The molecule has 22 heavy (non-hydrogen) atoms. The van der Waals surface area contributed by atoms with Gasteiger partial charge in [0.1, 0.15) is 0 Å². The lowest BCUT2D eigenvalue weighted by Gasteiger charge is -2.08. The molecule has 5 nitrogen and oxygen atoms in total. The fourth-order valence-electron chi connectivity index (χ4n) is 2.15. The molecule has 5 heteroatoms. The lowest BCUT2D eigenvalue weighted by molar-refractivity contribution is -0.120. The molecular formula is C17H23N3O2. The summed E-state index contributed by atoms with van der Waals surface area (Å²) in [6.45, 7) is 5.26. The van der Waals surface area contributed by atoms with Gasteiger partial charge in [0.25, 0.3) is 0 Å². The van der Waals surface area contributed by atoms with Gasteiger partial charge in [0.15, 0.2) is 0 Å². The number of pyridine rings is 1. The van der Waals surface area contributed by atoms with Crippen molar-refractivity contribution in [1.82, 2.24) is 10.3 Å². The molecule has 0 aliphatic heterocycles. The van der Waals surface area contributed by atoms with E-state index >= 15 is 0 Å². The Morgan fingerprint density at radius 2 is 2.14 bits per heavy atom. The molecule has 1 amide bonds. The van der Waals surface area contributed by atoms with E-state index in [-0.39, 0.29) is 18.4 Å². The Bertz CT molecular complexity index is 641.